The Bertz CT molecular complexity index is 709. The Labute approximate surface area is 134 Å². The fourth-order valence-corrected chi connectivity index (χ4v) is 4.84. The number of hydrogen-bond acceptors (Lipinski definition) is 6. The summed E-state index contributed by atoms with van der Waals surface area (Å²) in [5.74, 6) is -0.0244. The molecule has 0 aromatic heterocycles. The number of benzene rings is 1. The number of fused-ring (bicyclic) bond motifs is 2. The number of nitrogens with zero attached hydrogens (tertiary/aromatic N) is 1. The maximum absolute atomic E-state index is 12.6. The zero-order chi connectivity index (χ0) is 16.6. The van der Waals surface area contributed by atoms with Crippen LogP contribution in [0.1, 0.15) is 25.7 Å². The highest BCUT2D eigenvalue weighted by atomic mass is 32.2. The first kappa shape index (κ1) is 16.2. The highest BCUT2D eigenvalue weighted by Gasteiger charge is 2.36. The van der Waals surface area contributed by atoms with Gasteiger partial charge >= 0.3 is 0 Å². The summed E-state index contributed by atoms with van der Waals surface area (Å²) >= 11 is 0. The molecular weight excluding hydrogens is 322 g/mol. The van der Waals surface area contributed by atoms with Crippen LogP contribution in [0.2, 0.25) is 0 Å². The Morgan fingerprint density at radius 2 is 1.96 bits per heavy atom. The lowest BCUT2D eigenvalue weighted by atomic mass is 10.0. The van der Waals surface area contributed by atoms with E-state index in [1.54, 1.807) is 0 Å². The number of sulfonamides is 1. The van der Waals surface area contributed by atoms with E-state index in [4.69, 9.17) is 4.74 Å². The average molecular weight is 341 g/mol. The van der Waals surface area contributed by atoms with E-state index < -0.39 is 14.9 Å². The van der Waals surface area contributed by atoms with Crippen molar-refractivity contribution in [3.8, 4) is 5.75 Å². The predicted molar refractivity (Wildman–Crippen MR) is 82.9 cm³/mol. The topological polar surface area (TPSA) is 111 Å². The summed E-state index contributed by atoms with van der Waals surface area (Å²) < 4.78 is 33.0. The number of methoxy groups -OCH3 is 1. The number of nitro groups is 1. The average Bonchev–Trinajstić information content (AvgIpc) is 2.85. The molecule has 8 nitrogen and oxygen atoms in total. The van der Waals surface area contributed by atoms with Crippen LogP contribution in [0.5, 0.6) is 5.75 Å². The zero-order valence-electron chi connectivity index (χ0n) is 12.7. The minimum Gasteiger partial charge on any atom is -0.495 e. The zero-order valence-corrected chi connectivity index (χ0v) is 13.5. The number of hydrogen-bond donors (Lipinski definition) is 2. The van der Waals surface area contributed by atoms with Gasteiger partial charge in [-0.2, -0.15) is 0 Å². The molecule has 2 aliphatic heterocycles. The van der Waals surface area contributed by atoms with Crippen LogP contribution in [-0.4, -0.2) is 38.6 Å². The van der Waals surface area contributed by atoms with Gasteiger partial charge in [0.1, 0.15) is 10.6 Å². The maximum Gasteiger partial charge on any atom is 0.273 e. The van der Waals surface area contributed by atoms with E-state index in [-0.39, 0.29) is 22.4 Å². The van der Waals surface area contributed by atoms with Crippen LogP contribution in [0.3, 0.4) is 0 Å². The Balaban J connectivity index is 1.83. The Kier molecular flexibility index (Phi) is 4.26. The summed E-state index contributed by atoms with van der Waals surface area (Å²) in [5, 5.41) is 14.3. The van der Waals surface area contributed by atoms with Gasteiger partial charge in [-0.3, -0.25) is 10.1 Å². The molecule has 2 bridgehead atoms. The summed E-state index contributed by atoms with van der Waals surface area (Å²) in [7, 11) is -2.50. The molecule has 1 aromatic carbocycles. The third-order valence-corrected chi connectivity index (χ3v) is 6.00. The van der Waals surface area contributed by atoms with Crippen LogP contribution >= 0.6 is 0 Å². The molecule has 3 rings (SSSR count). The van der Waals surface area contributed by atoms with E-state index in [0.29, 0.717) is 12.1 Å². The quantitative estimate of drug-likeness (QED) is 0.614. The van der Waals surface area contributed by atoms with Crippen LogP contribution in [0.15, 0.2) is 23.1 Å². The van der Waals surface area contributed by atoms with Gasteiger partial charge in [-0.15, -0.1) is 0 Å². The number of nitro benzene ring substituents is 1. The molecule has 2 aliphatic rings. The number of rotatable bonds is 5. The van der Waals surface area contributed by atoms with E-state index >= 15 is 0 Å². The highest BCUT2D eigenvalue weighted by Crippen LogP contribution is 2.31. The van der Waals surface area contributed by atoms with Gasteiger partial charge < -0.3 is 10.1 Å². The molecule has 2 fully saturated rings. The molecule has 0 radical (unpaired) electrons. The molecular formula is C14H19N3O5S. The molecule has 126 valence electrons. The minimum atomic E-state index is -3.79. The van der Waals surface area contributed by atoms with Crippen molar-refractivity contribution in [1.29, 1.82) is 0 Å². The molecule has 0 spiro atoms. The molecule has 2 atom stereocenters. The van der Waals surface area contributed by atoms with E-state index in [2.05, 4.69) is 10.0 Å². The normalized spacial score (nSPS) is 26.9. The molecule has 2 unspecified atom stereocenters. The Hall–Kier alpha value is -1.71. The summed E-state index contributed by atoms with van der Waals surface area (Å²) in [5.41, 5.74) is -0.208. The van der Waals surface area contributed by atoms with Crippen LogP contribution in [0, 0.1) is 10.1 Å². The SMILES string of the molecule is COc1cc([N+](=O)[O-])ccc1S(=O)(=O)NC1CC2CCC(C1)N2. The Morgan fingerprint density at radius 1 is 1.30 bits per heavy atom. The van der Waals surface area contributed by atoms with Crippen molar-refractivity contribution in [2.45, 2.75) is 48.7 Å². The van der Waals surface area contributed by atoms with Gasteiger partial charge in [0.05, 0.1) is 18.1 Å². The second kappa shape index (κ2) is 6.06. The standard InChI is InChI=1S/C14H19N3O5S/c1-22-13-8-12(17(18)19)4-5-14(13)23(20,21)16-11-6-9-2-3-10(7-11)15-9/h4-5,8-11,15-16H,2-3,6-7H2,1H3. The minimum absolute atomic E-state index is 0.0244. The number of non-ortho nitro benzene ring substituents is 1. The van der Waals surface area contributed by atoms with Gasteiger partial charge in [0.15, 0.2) is 0 Å². The summed E-state index contributed by atoms with van der Waals surface area (Å²) in [6.07, 6.45) is 3.66. The van der Waals surface area contributed by atoms with Gasteiger partial charge in [0.2, 0.25) is 10.0 Å². The van der Waals surface area contributed by atoms with E-state index in [1.807, 2.05) is 0 Å². The van der Waals surface area contributed by atoms with Crippen molar-refractivity contribution < 1.29 is 18.1 Å². The largest absolute Gasteiger partial charge is 0.495 e. The monoisotopic (exact) mass is 341 g/mol. The lowest BCUT2D eigenvalue weighted by Gasteiger charge is -2.29. The maximum atomic E-state index is 12.6. The molecule has 23 heavy (non-hydrogen) atoms. The lowest BCUT2D eigenvalue weighted by molar-refractivity contribution is -0.385. The van der Waals surface area contributed by atoms with Gasteiger partial charge in [0, 0.05) is 24.2 Å². The van der Waals surface area contributed by atoms with E-state index in [9.17, 15) is 18.5 Å². The van der Waals surface area contributed by atoms with Crippen LogP contribution in [-0.2, 0) is 10.0 Å². The number of ether oxygens (including phenoxy) is 1. The molecule has 0 aliphatic carbocycles. The van der Waals surface area contributed by atoms with Crippen LogP contribution in [0.4, 0.5) is 5.69 Å². The molecule has 9 heteroatoms. The Morgan fingerprint density at radius 3 is 2.52 bits per heavy atom. The summed E-state index contributed by atoms with van der Waals surface area (Å²) in [4.78, 5) is 10.1. The van der Waals surface area contributed by atoms with Crippen molar-refractivity contribution in [3.63, 3.8) is 0 Å². The number of nitrogens with one attached hydrogen (secondary N) is 2. The van der Waals surface area contributed by atoms with Crippen LogP contribution < -0.4 is 14.8 Å². The molecule has 0 saturated carbocycles. The molecule has 1 aromatic rings. The van der Waals surface area contributed by atoms with E-state index in [1.165, 1.54) is 19.2 Å². The fraction of sp³-hybridized carbons (Fsp3) is 0.571. The second-order valence-electron chi connectivity index (χ2n) is 6.02. The smallest absolute Gasteiger partial charge is 0.273 e. The van der Waals surface area contributed by atoms with Crippen molar-refractivity contribution in [1.82, 2.24) is 10.0 Å². The second-order valence-corrected chi connectivity index (χ2v) is 7.70. The number of piperidine rings is 1. The lowest BCUT2D eigenvalue weighted by Crippen LogP contribution is -2.47. The molecule has 2 saturated heterocycles. The first-order valence-corrected chi connectivity index (χ1v) is 8.98. The van der Waals surface area contributed by atoms with Gasteiger partial charge in [-0.05, 0) is 31.7 Å². The molecule has 0 amide bonds. The van der Waals surface area contributed by atoms with Crippen molar-refractivity contribution in [2.75, 3.05) is 7.11 Å². The summed E-state index contributed by atoms with van der Waals surface area (Å²) in [6.45, 7) is 0. The molecule has 2 heterocycles. The van der Waals surface area contributed by atoms with Crippen molar-refractivity contribution in [3.05, 3.63) is 28.3 Å². The van der Waals surface area contributed by atoms with Gasteiger partial charge in [0.25, 0.3) is 5.69 Å². The van der Waals surface area contributed by atoms with Crippen molar-refractivity contribution >= 4 is 15.7 Å². The van der Waals surface area contributed by atoms with Crippen LogP contribution in [0.25, 0.3) is 0 Å². The third kappa shape index (κ3) is 3.31. The fourth-order valence-electron chi connectivity index (χ4n) is 3.43. The third-order valence-electron chi connectivity index (χ3n) is 4.44. The van der Waals surface area contributed by atoms with Gasteiger partial charge in [-0.1, -0.05) is 0 Å². The van der Waals surface area contributed by atoms with Crippen molar-refractivity contribution in [2.24, 2.45) is 0 Å². The molecule has 2 N–H and O–H groups in total. The van der Waals surface area contributed by atoms with E-state index in [0.717, 1.165) is 31.7 Å². The first-order chi connectivity index (χ1) is 10.9. The highest BCUT2D eigenvalue weighted by molar-refractivity contribution is 7.89. The summed E-state index contributed by atoms with van der Waals surface area (Å²) in [6, 6.07) is 4.11. The first-order valence-electron chi connectivity index (χ1n) is 7.50. The predicted octanol–water partition coefficient (Wildman–Crippen LogP) is 1.16. The van der Waals surface area contributed by atoms with Gasteiger partial charge in [-0.25, -0.2) is 13.1 Å².